The van der Waals surface area contributed by atoms with Crippen LogP contribution < -0.4 is 4.90 Å². The number of hydrogen-bond acceptors (Lipinski definition) is 3. The van der Waals surface area contributed by atoms with Crippen LogP contribution in [-0.4, -0.2) is 40.8 Å². The van der Waals surface area contributed by atoms with Crippen molar-refractivity contribution in [3.05, 3.63) is 29.8 Å². The molecule has 0 N–H and O–H groups in total. The molecule has 0 atom stereocenters. The predicted octanol–water partition coefficient (Wildman–Crippen LogP) is 2.56. The van der Waals surface area contributed by atoms with Crippen molar-refractivity contribution < 1.29 is 4.79 Å². The number of thiocarbonyl (C=S) groups is 1. The molecule has 4 nitrogen and oxygen atoms in total. The first-order valence-electron chi connectivity index (χ1n) is 8.01. The summed E-state index contributed by atoms with van der Waals surface area (Å²) < 4.78 is 0. The molecule has 3 aliphatic rings. The lowest BCUT2D eigenvalue weighted by molar-refractivity contribution is -0.120. The van der Waals surface area contributed by atoms with Crippen LogP contribution in [0.2, 0.25) is 0 Å². The quantitative estimate of drug-likeness (QED) is 0.802. The van der Waals surface area contributed by atoms with Crippen molar-refractivity contribution in [3.8, 4) is 0 Å². The van der Waals surface area contributed by atoms with E-state index in [0.717, 1.165) is 31.5 Å². The third-order valence-corrected chi connectivity index (χ3v) is 4.88. The van der Waals surface area contributed by atoms with E-state index in [0.29, 0.717) is 23.3 Å². The zero-order chi connectivity index (χ0) is 15.1. The lowest BCUT2D eigenvalue weighted by Crippen LogP contribution is -2.34. The molecule has 1 amide bonds. The monoisotopic (exact) mass is 313 g/mol. The first-order chi connectivity index (χ1) is 10.7. The maximum atomic E-state index is 12.4. The van der Waals surface area contributed by atoms with E-state index in [4.69, 9.17) is 12.2 Å². The van der Waals surface area contributed by atoms with E-state index in [1.807, 2.05) is 0 Å². The van der Waals surface area contributed by atoms with Gasteiger partial charge in [-0.15, -0.1) is 0 Å². The number of anilines is 1. The molecule has 1 aliphatic carbocycles. The second kappa shape index (κ2) is 5.47. The number of aliphatic imine (C=N–C) groups is 1. The van der Waals surface area contributed by atoms with Gasteiger partial charge in [0.15, 0.2) is 0 Å². The maximum absolute atomic E-state index is 12.4. The topological polar surface area (TPSA) is 35.9 Å². The molecule has 22 heavy (non-hydrogen) atoms. The Morgan fingerprint density at radius 2 is 1.82 bits per heavy atom. The summed E-state index contributed by atoms with van der Waals surface area (Å²) in [4.78, 5) is 20.8. The Labute approximate surface area is 135 Å². The molecule has 0 aromatic heterocycles. The van der Waals surface area contributed by atoms with Gasteiger partial charge in [-0.3, -0.25) is 9.69 Å². The minimum atomic E-state index is 0.0103. The highest BCUT2D eigenvalue weighted by atomic mass is 32.1. The predicted molar refractivity (Wildman–Crippen MR) is 91.5 cm³/mol. The maximum Gasteiger partial charge on any atom is 0.275 e. The number of hydrogen-bond donors (Lipinski definition) is 0. The molecular weight excluding hydrogens is 294 g/mol. The van der Waals surface area contributed by atoms with Crippen LogP contribution in [0.3, 0.4) is 0 Å². The zero-order valence-corrected chi connectivity index (χ0v) is 13.3. The Hall–Kier alpha value is -1.75. The van der Waals surface area contributed by atoms with Gasteiger partial charge >= 0.3 is 0 Å². The van der Waals surface area contributed by atoms with Gasteiger partial charge in [-0.25, -0.2) is 4.99 Å². The molecule has 2 fully saturated rings. The molecule has 114 valence electrons. The molecular formula is C17H19N3OS. The zero-order valence-electron chi connectivity index (χ0n) is 12.5. The van der Waals surface area contributed by atoms with Gasteiger partial charge in [0.2, 0.25) is 5.11 Å². The van der Waals surface area contributed by atoms with Gasteiger partial charge in [0.1, 0.15) is 5.71 Å². The molecule has 0 radical (unpaired) electrons. The number of carbonyl (C=O) groups excluding carboxylic acids is 1. The Kier molecular flexibility index (Phi) is 3.45. The summed E-state index contributed by atoms with van der Waals surface area (Å²) in [7, 11) is 0. The third kappa shape index (κ3) is 2.54. The smallest absolute Gasteiger partial charge is 0.275 e. The van der Waals surface area contributed by atoms with Crippen molar-refractivity contribution >= 4 is 34.6 Å². The highest BCUT2D eigenvalue weighted by molar-refractivity contribution is 7.80. The summed E-state index contributed by atoms with van der Waals surface area (Å²) in [5.74, 6) is 0.0103. The van der Waals surface area contributed by atoms with Crippen molar-refractivity contribution in [2.24, 2.45) is 4.99 Å². The fourth-order valence-electron chi connectivity index (χ4n) is 3.21. The molecule has 1 aromatic carbocycles. The lowest BCUT2D eigenvalue weighted by Gasteiger charge is -2.17. The van der Waals surface area contributed by atoms with Crippen molar-refractivity contribution in [2.75, 3.05) is 18.0 Å². The number of carbonyl (C=O) groups is 1. The molecule has 1 saturated carbocycles. The van der Waals surface area contributed by atoms with Crippen LogP contribution in [-0.2, 0) is 11.2 Å². The van der Waals surface area contributed by atoms with E-state index < -0.39 is 0 Å². The van der Waals surface area contributed by atoms with Crippen molar-refractivity contribution in [3.63, 3.8) is 0 Å². The first kappa shape index (κ1) is 13.9. The number of amides is 1. The summed E-state index contributed by atoms with van der Waals surface area (Å²) in [5, 5.41) is 0.455. The highest BCUT2D eigenvalue weighted by Gasteiger charge is 2.40. The van der Waals surface area contributed by atoms with Crippen LogP contribution in [0.25, 0.3) is 0 Å². The van der Waals surface area contributed by atoms with E-state index in [-0.39, 0.29) is 5.91 Å². The average molecular weight is 313 g/mol. The van der Waals surface area contributed by atoms with E-state index >= 15 is 0 Å². The fourth-order valence-corrected chi connectivity index (χ4v) is 3.55. The van der Waals surface area contributed by atoms with Gasteiger partial charge in [-0.05, 0) is 55.6 Å². The molecule has 1 saturated heterocycles. The van der Waals surface area contributed by atoms with E-state index in [1.54, 1.807) is 4.90 Å². The van der Waals surface area contributed by atoms with E-state index in [9.17, 15) is 4.79 Å². The molecule has 5 heteroatoms. The van der Waals surface area contributed by atoms with Crippen molar-refractivity contribution in [1.82, 2.24) is 4.90 Å². The summed E-state index contributed by atoms with van der Waals surface area (Å²) in [6, 6.07) is 8.81. The van der Waals surface area contributed by atoms with Crippen LogP contribution in [0.15, 0.2) is 29.3 Å². The van der Waals surface area contributed by atoms with Crippen molar-refractivity contribution in [2.45, 2.75) is 38.1 Å². The third-order valence-electron chi connectivity index (χ3n) is 4.59. The number of benzene rings is 1. The highest BCUT2D eigenvalue weighted by Crippen LogP contribution is 2.30. The van der Waals surface area contributed by atoms with Crippen LogP contribution in [0, 0.1) is 0 Å². The first-order valence-corrected chi connectivity index (χ1v) is 8.42. The van der Waals surface area contributed by atoms with Crippen molar-refractivity contribution in [1.29, 1.82) is 0 Å². The van der Waals surface area contributed by atoms with Gasteiger partial charge in [0.25, 0.3) is 5.91 Å². The van der Waals surface area contributed by atoms with Crippen LogP contribution >= 0.6 is 12.2 Å². The van der Waals surface area contributed by atoms with Crippen LogP contribution in [0.1, 0.15) is 31.2 Å². The van der Waals surface area contributed by atoms with E-state index in [1.165, 1.54) is 18.5 Å². The molecule has 4 rings (SSSR count). The molecule has 1 aromatic rings. The number of rotatable bonds is 4. The summed E-state index contributed by atoms with van der Waals surface area (Å²) in [6.07, 6.45) is 5.24. The standard InChI is InChI=1S/C17H19N3OS/c21-16-15(18-17(22)20(16)14-7-8-14)11-12-3-5-13(6-4-12)19-9-1-2-10-19/h3-6,14H,1-2,7-11H2. The normalized spacial score (nSPS) is 21.7. The molecule has 0 bridgehead atoms. The summed E-state index contributed by atoms with van der Waals surface area (Å²) in [5.41, 5.74) is 2.98. The Balaban J connectivity index is 1.46. The molecule has 0 spiro atoms. The van der Waals surface area contributed by atoms with E-state index in [2.05, 4.69) is 34.2 Å². The van der Waals surface area contributed by atoms with Gasteiger partial charge in [-0.2, -0.15) is 0 Å². The van der Waals surface area contributed by atoms with Gasteiger partial charge < -0.3 is 4.90 Å². The Morgan fingerprint density at radius 1 is 1.14 bits per heavy atom. The van der Waals surface area contributed by atoms with Crippen LogP contribution in [0.4, 0.5) is 5.69 Å². The lowest BCUT2D eigenvalue weighted by atomic mass is 10.1. The molecule has 2 heterocycles. The van der Waals surface area contributed by atoms with Gasteiger partial charge in [0, 0.05) is 31.2 Å². The minimum Gasteiger partial charge on any atom is -0.372 e. The molecule has 2 aliphatic heterocycles. The minimum absolute atomic E-state index is 0.0103. The second-order valence-electron chi connectivity index (χ2n) is 6.28. The molecule has 0 unspecified atom stereocenters. The van der Waals surface area contributed by atoms with Gasteiger partial charge in [-0.1, -0.05) is 12.1 Å². The second-order valence-corrected chi connectivity index (χ2v) is 6.65. The van der Waals surface area contributed by atoms with Crippen LogP contribution in [0.5, 0.6) is 0 Å². The fraction of sp³-hybridized carbons (Fsp3) is 0.471. The average Bonchev–Trinajstić information content (AvgIpc) is 3.10. The SMILES string of the molecule is O=C1C(Cc2ccc(N3CCCC3)cc2)=NC(=S)N1C1CC1. The Bertz CT molecular complexity index is 642. The summed E-state index contributed by atoms with van der Waals surface area (Å²) >= 11 is 5.23. The largest absolute Gasteiger partial charge is 0.372 e. The summed E-state index contributed by atoms with van der Waals surface area (Å²) in [6.45, 7) is 2.30. The number of nitrogens with zero attached hydrogens (tertiary/aromatic N) is 3. The Morgan fingerprint density at radius 3 is 2.45 bits per heavy atom. The van der Waals surface area contributed by atoms with Gasteiger partial charge in [0.05, 0.1) is 0 Å².